The van der Waals surface area contributed by atoms with Crippen molar-refractivity contribution in [3.63, 3.8) is 0 Å². The van der Waals surface area contributed by atoms with Gasteiger partial charge < -0.3 is 9.47 Å². The minimum absolute atomic E-state index is 0.0116. The SMILES string of the molecule is C#CC1(C)OC(C)(C)OC1CC. The van der Waals surface area contributed by atoms with Gasteiger partial charge in [0.2, 0.25) is 0 Å². The van der Waals surface area contributed by atoms with Crippen LogP contribution in [-0.2, 0) is 9.47 Å². The molecule has 0 radical (unpaired) electrons. The molecule has 1 heterocycles. The van der Waals surface area contributed by atoms with Crippen LogP contribution >= 0.6 is 0 Å². The highest BCUT2D eigenvalue weighted by atomic mass is 16.8. The van der Waals surface area contributed by atoms with E-state index in [4.69, 9.17) is 15.9 Å². The normalized spacial score (nSPS) is 39.4. The smallest absolute Gasteiger partial charge is 0.165 e. The lowest BCUT2D eigenvalue weighted by Crippen LogP contribution is -2.34. The Labute approximate surface area is 74.2 Å². The molecule has 0 aromatic rings. The van der Waals surface area contributed by atoms with E-state index in [9.17, 15) is 0 Å². The van der Waals surface area contributed by atoms with Gasteiger partial charge in [-0.3, -0.25) is 0 Å². The Morgan fingerprint density at radius 3 is 2.33 bits per heavy atom. The van der Waals surface area contributed by atoms with Crippen molar-refractivity contribution in [3.05, 3.63) is 0 Å². The van der Waals surface area contributed by atoms with Crippen LogP contribution in [0.2, 0.25) is 0 Å². The minimum atomic E-state index is -0.557. The molecular formula is C10H16O2. The zero-order valence-electron chi connectivity index (χ0n) is 8.18. The molecule has 1 aliphatic heterocycles. The lowest BCUT2D eigenvalue weighted by Gasteiger charge is -2.21. The van der Waals surface area contributed by atoms with Crippen LogP contribution in [0.5, 0.6) is 0 Å². The number of rotatable bonds is 1. The molecule has 0 aliphatic carbocycles. The summed E-state index contributed by atoms with van der Waals surface area (Å²) in [6.07, 6.45) is 6.29. The number of terminal acetylenes is 1. The summed E-state index contributed by atoms with van der Waals surface area (Å²) in [5.41, 5.74) is -0.557. The Hall–Kier alpha value is -0.520. The molecule has 2 heteroatoms. The van der Waals surface area contributed by atoms with Crippen LogP contribution in [0.4, 0.5) is 0 Å². The van der Waals surface area contributed by atoms with Gasteiger partial charge in [-0.25, -0.2) is 0 Å². The predicted octanol–water partition coefficient (Wildman–Crippen LogP) is 1.94. The minimum Gasteiger partial charge on any atom is -0.343 e. The maximum atomic E-state index is 5.64. The fourth-order valence-electron chi connectivity index (χ4n) is 1.65. The van der Waals surface area contributed by atoms with E-state index in [1.54, 1.807) is 0 Å². The summed E-state index contributed by atoms with van der Waals surface area (Å²) in [6.45, 7) is 7.72. The molecule has 0 saturated carbocycles. The monoisotopic (exact) mass is 168 g/mol. The van der Waals surface area contributed by atoms with Gasteiger partial charge in [-0.15, -0.1) is 6.42 Å². The summed E-state index contributed by atoms with van der Waals surface area (Å²) >= 11 is 0. The van der Waals surface area contributed by atoms with Crippen molar-refractivity contribution in [1.29, 1.82) is 0 Å². The van der Waals surface area contributed by atoms with Crippen LogP contribution in [0.3, 0.4) is 0 Å². The average molecular weight is 168 g/mol. The summed E-state index contributed by atoms with van der Waals surface area (Å²) < 4.78 is 11.3. The average Bonchev–Trinajstić information content (AvgIpc) is 2.22. The Balaban J connectivity index is 2.85. The van der Waals surface area contributed by atoms with Gasteiger partial charge in [0.25, 0.3) is 0 Å². The molecule has 0 bridgehead atoms. The van der Waals surface area contributed by atoms with Crippen molar-refractivity contribution in [3.8, 4) is 12.3 Å². The summed E-state index contributed by atoms with van der Waals surface area (Å²) in [5.74, 6) is 2.11. The van der Waals surface area contributed by atoms with Crippen molar-refractivity contribution >= 4 is 0 Å². The molecule has 0 amide bonds. The van der Waals surface area contributed by atoms with E-state index < -0.39 is 11.4 Å². The summed E-state index contributed by atoms with van der Waals surface area (Å²) in [7, 11) is 0. The summed E-state index contributed by atoms with van der Waals surface area (Å²) in [6, 6.07) is 0. The van der Waals surface area contributed by atoms with Crippen LogP contribution in [0.25, 0.3) is 0 Å². The Bertz CT molecular complexity index is 214. The van der Waals surface area contributed by atoms with Crippen LogP contribution in [-0.4, -0.2) is 17.5 Å². The lowest BCUT2D eigenvalue weighted by molar-refractivity contribution is -0.152. The molecule has 1 rings (SSSR count). The quantitative estimate of drug-likeness (QED) is 0.557. The van der Waals surface area contributed by atoms with Crippen molar-refractivity contribution in [1.82, 2.24) is 0 Å². The van der Waals surface area contributed by atoms with Crippen molar-refractivity contribution < 1.29 is 9.47 Å². The maximum absolute atomic E-state index is 5.64. The lowest BCUT2D eigenvalue weighted by atomic mass is 9.99. The Morgan fingerprint density at radius 2 is 2.00 bits per heavy atom. The van der Waals surface area contributed by atoms with E-state index in [0.717, 1.165) is 6.42 Å². The molecule has 1 fully saturated rings. The fourth-order valence-corrected chi connectivity index (χ4v) is 1.65. The topological polar surface area (TPSA) is 18.5 Å². The number of hydrogen-bond acceptors (Lipinski definition) is 2. The molecular weight excluding hydrogens is 152 g/mol. The highest BCUT2D eigenvalue weighted by Crippen LogP contribution is 2.37. The van der Waals surface area contributed by atoms with E-state index in [-0.39, 0.29) is 6.10 Å². The summed E-state index contributed by atoms with van der Waals surface area (Å²) in [4.78, 5) is 0. The Kier molecular flexibility index (Phi) is 2.20. The molecule has 2 unspecified atom stereocenters. The molecule has 1 saturated heterocycles. The zero-order chi connectivity index (χ0) is 9.41. The molecule has 0 N–H and O–H groups in total. The molecule has 0 spiro atoms. The number of hydrogen-bond donors (Lipinski definition) is 0. The van der Waals surface area contributed by atoms with Gasteiger partial charge in [0, 0.05) is 0 Å². The largest absolute Gasteiger partial charge is 0.343 e. The van der Waals surface area contributed by atoms with Gasteiger partial charge in [0.1, 0.15) is 6.10 Å². The highest BCUT2D eigenvalue weighted by Gasteiger charge is 2.48. The van der Waals surface area contributed by atoms with Gasteiger partial charge in [0.15, 0.2) is 11.4 Å². The van der Waals surface area contributed by atoms with E-state index in [1.807, 2.05) is 27.7 Å². The standard InChI is InChI=1S/C10H16O2/c1-6-8-10(5,7-2)12-9(3,4)11-8/h2,8H,6H2,1,3-5H3. The second-order valence-corrected chi connectivity index (χ2v) is 3.77. The first-order valence-corrected chi connectivity index (χ1v) is 4.29. The van der Waals surface area contributed by atoms with Gasteiger partial charge in [-0.05, 0) is 27.2 Å². The molecule has 1 aliphatic rings. The zero-order valence-corrected chi connectivity index (χ0v) is 8.18. The molecule has 12 heavy (non-hydrogen) atoms. The van der Waals surface area contributed by atoms with Crippen molar-refractivity contribution in [2.45, 2.75) is 51.6 Å². The van der Waals surface area contributed by atoms with E-state index in [2.05, 4.69) is 5.92 Å². The van der Waals surface area contributed by atoms with Gasteiger partial charge in [-0.1, -0.05) is 12.8 Å². The molecule has 2 atom stereocenters. The second-order valence-electron chi connectivity index (χ2n) is 3.77. The maximum Gasteiger partial charge on any atom is 0.165 e. The van der Waals surface area contributed by atoms with E-state index in [0.29, 0.717) is 0 Å². The third-order valence-electron chi connectivity index (χ3n) is 2.16. The molecule has 68 valence electrons. The van der Waals surface area contributed by atoms with Gasteiger partial charge in [0.05, 0.1) is 0 Å². The molecule has 0 aromatic heterocycles. The summed E-state index contributed by atoms with van der Waals surface area (Å²) in [5, 5.41) is 0. The predicted molar refractivity (Wildman–Crippen MR) is 47.6 cm³/mol. The van der Waals surface area contributed by atoms with E-state index >= 15 is 0 Å². The second kappa shape index (κ2) is 2.76. The molecule has 0 aromatic carbocycles. The highest BCUT2D eigenvalue weighted by molar-refractivity contribution is 5.13. The van der Waals surface area contributed by atoms with Crippen LogP contribution in [0, 0.1) is 12.3 Å². The van der Waals surface area contributed by atoms with Crippen LogP contribution in [0.1, 0.15) is 34.1 Å². The third kappa shape index (κ3) is 1.48. The first-order valence-electron chi connectivity index (χ1n) is 4.29. The Morgan fingerprint density at radius 1 is 1.42 bits per heavy atom. The first-order chi connectivity index (χ1) is 5.43. The molecule has 2 nitrogen and oxygen atoms in total. The van der Waals surface area contributed by atoms with Crippen molar-refractivity contribution in [2.75, 3.05) is 0 Å². The van der Waals surface area contributed by atoms with Gasteiger partial charge >= 0.3 is 0 Å². The van der Waals surface area contributed by atoms with Gasteiger partial charge in [-0.2, -0.15) is 0 Å². The van der Waals surface area contributed by atoms with Crippen LogP contribution in [0.15, 0.2) is 0 Å². The van der Waals surface area contributed by atoms with Crippen LogP contribution < -0.4 is 0 Å². The third-order valence-corrected chi connectivity index (χ3v) is 2.16. The number of ether oxygens (including phenoxy) is 2. The van der Waals surface area contributed by atoms with Crippen molar-refractivity contribution in [2.24, 2.45) is 0 Å². The fraction of sp³-hybridized carbons (Fsp3) is 0.800. The first kappa shape index (κ1) is 9.57. The van der Waals surface area contributed by atoms with E-state index in [1.165, 1.54) is 0 Å².